The Kier molecular flexibility index (Phi) is 9.14. The van der Waals surface area contributed by atoms with Crippen molar-refractivity contribution in [3.8, 4) is 0 Å². The lowest BCUT2D eigenvalue weighted by Gasteiger charge is -2.39. The van der Waals surface area contributed by atoms with Crippen LogP contribution in [-0.4, -0.2) is 91.6 Å². The van der Waals surface area contributed by atoms with Gasteiger partial charge in [0.05, 0.1) is 0 Å². The number of amides is 2. The molecule has 4 aliphatic heterocycles. The van der Waals surface area contributed by atoms with Crippen LogP contribution in [0.2, 0.25) is 0 Å². The van der Waals surface area contributed by atoms with Gasteiger partial charge >= 0.3 is 12.2 Å². The second-order valence-corrected chi connectivity index (χ2v) is 14.7. The van der Waals surface area contributed by atoms with Crippen molar-refractivity contribution in [1.82, 2.24) is 20.4 Å². The maximum absolute atomic E-state index is 11.9. The van der Waals surface area contributed by atoms with Crippen molar-refractivity contribution in [2.24, 2.45) is 40.7 Å². The van der Waals surface area contributed by atoms with Gasteiger partial charge in [-0.3, -0.25) is 0 Å². The number of carbonyl (C=O) groups is 2. The largest absolute Gasteiger partial charge is 0.444 e. The molecule has 0 radical (unpaired) electrons. The average molecular weight is 550 g/mol. The Morgan fingerprint density at radius 3 is 1.74 bits per heavy atom. The monoisotopic (exact) mass is 549 g/mol. The molecule has 6 fully saturated rings. The lowest BCUT2D eigenvalue weighted by atomic mass is 9.78. The molecule has 4 N–H and O–H groups in total. The van der Waals surface area contributed by atoms with Crippen LogP contribution >= 0.6 is 0 Å². The Hall–Kier alpha value is -1.58. The fraction of sp³-hybridized carbons (Fsp3) is 0.933. The highest BCUT2D eigenvalue weighted by Gasteiger charge is 2.55. The SMILES string of the molecule is CC(C)(C)OC(=O)N1CC2C(N)C2C1.CC(C)(C)OC(=O)N1CCC2(CCNC2)CC1.CCC1C2CNCC12. The fourth-order valence-electron chi connectivity index (χ4n) is 6.91. The number of carbonyl (C=O) groups excluding carboxylic acids is 2. The first-order valence-electron chi connectivity index (χ1n) is 15.3. The third-order valence-electron chi connectivity index (χ3n) is 9.46. The number of fused-ring (bicyclic) bond motifs is 2. The molecule has 0 aromatic carbocycles. The van der Waals surface area contributed by atoms with E-state index in [-0.39, 0.29) is 17.8 Å². The zero-order valence-electron chi connectivity index (χ0n) is 25.6. The summed E-state index contributed by atoms with van der Waals surface area (Å²) in [6.07, 6.45) is 4.54. The van der Waals surface area contributed by atoms with E-state index >= 15 is 0 Å². The third kappa shape index (κ3) is 8.00. The van der Waals surface area contributed by atoms with E-state index < -0.39 is 5.60 Å². The molecule has 9 heteroatoms. The van der Waals surface area contributed by atoms with E-state index in [1.807, 2.05) is 46.4 Å². The van der Waals surface area contributed by atoms with Gasteiger partial charge in [-0.1, -0.05) is 13.3 Å². The smallest absolute Gasteiger partial charge is 0.410 e. The van der Waals surface area contributed by atoms with Crippen LogP contribution in [0.5, 0.6) is 0 Å². The first-order valence-corrected chi connectivity index (χ1v) is 15.3. The number of hydrogen-bond donors (Lipinski definition) is 3. The Morgan fingerprint density at radius 2 is 1.33 bits per heavy atom. The molecule has 0 aromatic rings. The van der Waals surface area contributed by atoms with Crippen molar-refractivity contribution in [2.45, 2.75) is 91.4 Å². The molecular formula is C30H55N5O4. The zero-order valence-corrected chi connectivity index (χ0v) is 25.6. The average Bonchev–Trinajstić information content (AvgIpc) is 3.35. The second kappa shape index (κ2) is 11.7. The van der Waals surface area contributed by atoms with Crippen LogP contribution in [0, 0.1) is 35.0 Å². The van der Waals surface area contributed by atoms with E-state index in [1.165, 1.54) is 25.9 Å². The third-order valence-corrected chi connectivity index (χ3v) is 9.46. The summed E-state index contributed by atoms with van der Waals surface area (Å²) >= 11 is 0. The van der Waals surface area contributed by atoms with Crippen molar-refractivity contribution in [1.29, 1.82) is 0 Å². The summed E-state index contributed by atoms with van der Waals surface area (Å²) < 4.78 is 10.7. The standard InChI is InChI=1S/C13H24N2O2.C10H18N2O2.C7H13N/c1-12(2,3)17-11(16)15-8-5-13(6-9-15)4-7-14-10-13;1-10(2,3)14-9(13)12-4-6-7(5-12)8(6)11;1-2-5-6-3-8-4-7(5)6/h14H,4-10H2,1-3H3;6-8H,4-5,11H2,1-3H3;5-8H,2-4H2,1H3. The van der Waals surface area contributed by atoms with E-state index in [0.717, 1.165) is 69.9 Å². The quantitative estimate of drug-likeness (QED) is 0.458. The number of likely N-dealkylation sites (tertiary alicyclic amines) is 2. The molecule has 4 heterocycles. The molecule has 6 rings (SSSR count). The van der Waals surface area contributed by atoms with E-state index in [1.54, 1.807) is 4.90 Å². The number of nitrogens with zero attached hydrogens (tertiary/aromatic N) is 2. The van der Waals surface area contributed by atoms with Crippen molar-refractivity contribution >= 4 is 12.2 Å². The second-order valence-electron chi connectivity index (χ2n) is 14.7. The minimum atomic E-state index is -0.397. The van der Waals surface area contributed by atoms with Crippen LogP contribution in [0.4, 0.5) is 9.59 Å². The van der Waals surface area contributed by atoms with Crippen molar-refractivity contribution < 1.29 is 19.1 Å². The molecule has 0 aromatic heterocycles. The number of nitrogens with one attached hydrogen (secondary N) is 2. The maximum Gasteiger partial charge on any atom is 0.410 e. The minimum absolute atomic E-state index is 0.154. The molecule has 4 saturated heterocycles. The number of nitrogens with two attached hydrogens (primary N) is 1. The van der Waals surface area contributed by atoms with Crippen molar-refractivity contribution in [2.75, 3.05) is 52.4 Å². The highest BCUT2D eigenvalue weighted by atomic mass is 16.6. The number of rotatable bonds is 1. The van der Waals surface area contributed by atoms with Crippen molar-refractivity contribution in [3.05, 3.63) is 0 Å². The molecule has 6 aliphatic rings. The van der Waals surface area contributed by atoms with Gasteiger partial charge in [0.1, 0.15) is 11.2 Å². The molecule has 9 nitrogen and oxygen atoms in total. The number of hydrogen-bond acceptors (Lipinski definition) is 7. The van der Waals surface area contributed by atoms with Crippen LogP contribution in [0.15, 0.2) is 0 Å². The number of ether oxygens (including phenoxy) is 2. The van der Waals surface area contributed by atoms with Crippen LogP contribution in [0.1, 0.15) is 74.1 Å². The van der Waals surface area contributed by atoms with Gasteiger partial charge in [-0.05, 0) is 115 Å². The maximum atomic E-state index is 11.9. The first-order chi connectivity index (χ1) is 18.2. The molecule has 39 heavy (non-hydrogen) atoms. The van der Waals surface area contributed by atoms with E-state index in [2.05, 4.69) is 17.6 Å². The summed E-state index contributed by atoms with van der Waals surface area (Å²) in [5.74, 6) is 4.33. The van der Waals surface area contributed by atoms with Crippen molar-refractivity contribution in [3.63, 3.8) is 0 Å². The predicted octanol–water partition coefficient (Wildman–Crippen LogP) is 3.67. The van der Waals surface area contributed by atoms with Crippen LogP contribution < -0.4 is 16.4 Å². The fourth-order valence-corrected chi connectivity index (χ4v) is 6.91. The van der Waals surface area contributed by atoms with E-state index in [9.17, 15) is 9.59 Å². The Labute approximate surface area is 236 Å². The molecular weight excluding hydrogens is 494 g/mol. The number of piperidine rings is 3. The lowest BCUT2D eigenvalue weighted by Crippen LogP contribution is -2.45. The summed E-state index contributed by atoms with van der Waals surface area (Å²) in [6.45, 7) is 21.8. The highest BCUT2D eigenvalue weighted by molar-refractivity contribution is 5.69. The molecule has 0 bridgehead atoms. The predicted molar refractivity (Wildman–Crippen MR) is 153 cm³/mol. The van der Waals surface area contributed by atoms with Gasteiger partial charge in [-0.25, -0.2) is 9.59 Å². The van der Waals surface area contributed by atoms with Gasteiger partial charge in [-0.2, -0.15) is 0 Å². The Morgan fingerprint density at radius 1 is 0.821 bits per heavy atom. The lowest BCUT2D eigenvalue weighted by molar-refractivity contribution is 0.0119. The summed E-state index contributed by atoms with van der Waals surface area (Å²) in [4.78, 5) is 27.1. The van der Waals surface area contributed by atoms with E-state index in [4.69, 9.17) is 15.2 Å². The first kappa shape index (κ1) is 30.4. The van der Waals surface area contributed by atoms with Crippen LogP contribution in [-0.2, 0) is 9.47 Å². The molecule has 1 spiro atoms. The summed E-state index contributed by atoms with van der Waals surface area (Å²) in [5, 5.41) is 6.82. The van der Waals surface area contributed by atoms with Gasteiger partial charge in [0.15, 0.2) is 0 Å². The van der Waals surface area contributed by atoms with Gasteiger partial charge in [0, 0.05) is 38.8 Å². The zero-order chi connectivity index (χ0) is 28.6. The van der Waals surface area contributed by atoms with Gasteiger partial charge < -0.3 is 35.6 Å². The normalized spacial score (nSPS) is 33.7. The molecule has 224 valence electrons. The van der Waals surface area contributed by atoms with Crippen LogP contribution in [0.3, 0.4) is 0 Å². The van der Waals surface area contributed by atoms with Gasteiger partial charge in [0.25, 0.3) is 0 Å². The van der Waals surface area contributed by atoms with E-state index in [0.29, 0.717) is 23.3 Å². The van der Waals surface area contributed by atoms with Crippen LogP contribution in [0.25, 0.3) is 0 Å². The van der Waals surface area contributed by atoms with Gasteiger partial charge in [0.2, 0.25) is 0 Å². The molecule has 4 atom stereocenters. The van der Waals surface area contributed by atoms with Gasteiger partial charge in [-0.15, -0.1) is 0 Å². The minimum Gasteiger partial charge on any atom is -0.444 e. The molecule has 2 amide bonds. The summed E-state index contributed by atoms with van der Waals surface area (Å²) in [6, 6.07) is 0.327. The summed E-state index contributed by atoms with van der Waals surface area (Å²) in [7, 11) is 0. The summed E-state index contributed by atoms with van der Waals surface area (Å²) in [5.41, 5.74) is 5.45. The Balaban J connectivity index is 0.000000144. The molecule has 2 saturated carbocycles. The Bertz CT molecular complexity index is 824. The highest BCUT2D eigenvalue weighted by Crippen LogP contribution is 2.50. The molecule has 2 aliphatic carbocycles. The molecule has 4 unspecified atom stereocenters. The topological polar surface area (TPSA) is 109 Å².